The van der Waals surface area contributed by atoms with Gasteiger partial charge in [-0.25, -0.2) is 0 Å². The Morgan fingerprint density at radius 2 is 0.886 bits per heavy atom. The van der Waals surface area contributed by atoms with Crippen molar-refractivity contribution in [3.8, 4) is 0 Å². The quantitative estimate of drug-likeness (QED) is 0.107. The fourth-order valence-corrected chi connectivity index (χ4v) is 4.06. The Labute approximate surface area is 214 Å². The second-order valence-electron chi connectivity index (χ2n) is 9.49. The highest BCUT2D eigenvalue weighted by Gasteiger charge is 2.04. The number of carbonyl (C=O) groups excluding carboxylic acids is 3. The monoisotopic (exact) mass is 498 g/mol. The minimum absolute atomic E-state index is 0.0644. The Bertz CT molecular complexity index is 514. The molecule has 0 saturated carbocycles. The highest BCUT2D eigenvalue weighted by Crippen LogP contribution is 2.12. The summed E-state index contributed by atoms with van der Waals surface area (Å²) in [7, 11) is 0. The van der Waals surface area contributed by atoms with E-state index < -0.39 is 0 Å². The third kappa shape index (κ3) is 26.8. The number of rotatable bonds is 26. The molecule has 0 rings (SSSR count). The topological polar surface area (TPSA) is 105 Å². The summed E-state index contributed by atoms with van der Waals surface area (Å²) in [6.07, 6.45) is 20.4. The normalized spacial score (nSPS) is 10.8. The third-order valence-corrected chi connectivity index (χ3v) is 6.17. The van der Waals surface area contributed by atoms with Crippen LogP contribution in [-0.4, -0.2) is 49.2 Å². The van der Waals surface area contributed by atoms with Gasteiger partial charge in [-0.05, 0) is 32.6 Å². The van der Waals surface area contributed by atoms with Gasteiger partial charge in [-0.1, -0.05) is 83.5 Å². The van der Waals surface area contributed by atoms with Crippen molar-refractivity contribution in [2.45, 2.75) is 135 Å². The summed E-state index contributed by atoms with van der Waals surface area (Å²) < 4.78 is 4.92. The van der Waals surface area contributed by atoms with E-state index in [1.165, 1.54) is 44.9 Å². The number of esters is 1. The van der Waals surface area contributed by atoms with Crippen molar-refractivity contribution in [1.82, 2.24) is 10.6 Å². The van der Waals surface area contributed by atoms with E-state index in [0.29, 0.717) is 45.6 Å². The summed E-state index contributed by atoms with van der Waals surface area (Å²) in [6, 6.07) is 0. The van der Waals surface area contributed by atoms with E-state index in [2.05, 4.69) is 10.6 Å². The van der Waals surface area contributed by atoms with Crippen LogP contribution in [0.2, 0.25) is 0 Å². The van der Waals surface area contributed by atoms with Gasteiger partial charge in [-0.2, -0.15) is 0 Å². The molecule has 0 aliphatic heterocycles. The van der Waals surface area contributed by atoms with Gasteiger partial charge in [0.1, 0.15) is 0 Å². The van der Waals surface area contributed by atoms with E-state index in [-0.39, 0.29) is 17.8 Å². The van der Waals surface area contributed by atoms with Crippen LogP contribution in [0.25, 0.3) is 0 Å². The van der Waals surface area contributed by atoms with Gasteiger partial charge in [-0.3, -0.25) is 14.4 Å². The highest BCUT2D eigenvalue weighted by molar-refractivity contribution is 5.77. The van der Waals surface area contributed by atoms with Crippen LogP contribution in [0.1, 0.15) is 135 Å². The molecule has 2 amide bonds. The number of unbranched alkanes of at least 4 members (excludes halogenated alkanes) is 15. The summed E-state index contributed by atoms with van der Waals surface area (Å²) in [6.45, 7) is 3.58. The zero-order valence-electron chi connectivity index (χ0n) is 22.6. The summed E-state index contributed by atoms with van der Waals surface area (Å²) in [5.74, 6) is 0.0473. The van der Waals surface area contributed by atoms with Crippen molar-refractivity contribution in [2.24, 2.45) is 0 Å². The first-order chi connectivity index (χ1) is 17.1. The van der Waals surface area contributed by atoms with E-state index in [1.54, 1.807) is 0 Å². The number of aliphatic hydroxyl groups is 1. The smallest absolute Gasteiger partial charge is 0.305 e. The first-order valence-electron chi connectivity index (χ1n) is 14.4. The fourth-order valence-electron chi connectivity index (χ4n) is 4.06. The predicted molar refractivity (Wildman–Crippen MR) is 142 cm³/mol. The average Bonchev–Trinajstić information content (AvgIpc) is 2.84. The number of nitrogens with one attached hydrogen (secondary N) is 2. The Morgan fingerprint density at radius 1 is 0.543 bits per heavy atom. The lowest BCUT2D eigenvalue weighted by molar-refractivity contribution is -0.143. The second-order valence-corrected chi connectivity index (χ2v) is 9.49. The summed E-state index contributed by atoms with van der Waals surface area (Å²) in [4.78, 5) is 35.0. The third-order valence-electron chi connectivity index (χ3n) is 6.17. The molecule has 0 radical (unpaired) electrons. The van der Waals surface area contributed by atoms with Crippen molar-refractivity contribution in [3.63, 3.8) is 0 Å². The van der Waals surface area contributed by atoms with Gasteiger partial charge < -0.3 is 20.5 Å². The van der Waals surface area contributed by atoms with E-state index in [0.717, 1.165) is 64.2 Å². The van der Waals surface area contributed by atoms with Crippen LogP contribution >= 0.6 is 0 Å². The summed E-state index contributed by atoms with van der Waals surface area (Å²) in [5.41, 5.74) is 0. The fraction of sp³-hybridized carbons (Fsp3) is 0.893. The van der Waals surface area contributed by atoms with Crippen molar-refractivity contribution >= 4 is 17.8 Å². The van der Waals surface area contributed by atoms with Gasteiger partial charge in [-0.15, -0.1) is 0 Å². The van der Waals surface area contributed by atoms with E-state index in [4.69, 9.17) is 9.84 Å². The molecule has 7 nitrogen and oxygen atoms in total. The van der Waals surface area contributed by atoms with E-state index in [1.807, 2.05) is 6.92 Å². The lowest BCUT2D eigenvalue weighted by atomic mass is 10.1. The molecule has 0 atom stereocenters. The molecule has 206 valence electrons. The Balaban J connectivity index is 3.32. The average molecular weight is 499 g/mol. The number of hydrogen-bond donors (Lipinski definition) is 3. The number of amides is 2. The van der Waals surface area contributed by atoms with Gasteiger partial charge in [0.2, 0.25) is 11.8 Å². The van der Waals surface area contributed by atoms with Crippen molar-refractivity contribution < 1.29 is 24.2 Å². The van der Waals surface area contributed by atoms with Crippen LogP contribution in [0.5, 0.6) is 0 Å². The number of hydrogen-bond acceptors (Lipinski definition) is 5. The first kappa shape index (κ1) is 33.4. The van der Waals surface area contributed by atoms with E-state index in [9.17, 15) is 14.4 Å². The van der Waals surface area contributed by atoms with Gasteiger partial charge >= 0.3 is 5.97 Å². The molecule has 0 bridgehead atoms. The Morgan fingerprint density at radius 3 is 1.26 bits per heavy atom. The van der Waals surface area contributed by atoms with Crippen LogP contribution in [-0.2, 0) is 19.1 Å². The second kappa shape index (κ2) is 27.0. The molecule has 0 spiro atoms. The van der Waals surface area contributed by atoms with Gasteiger partial charge in [0.15, 0.2) is 0 Å². The van der Waals surface area contributed by atoms with Crippen molar-refractivity contribution in [1.29, 1.82) is 0 Å². The van der Waals surface area contributed by atoms with Crippen LogP contribution in [0.3, 0.4) is 0 Å². The molecule has 0 aromatic carbocycles. The van der Waals surface area contributed by atoms with Crippen molar-refractivity contribution in [2.75, 3.05) is 26.3 Å². The molecule has 0 fully saturated rings. The molecule has 7 heteroatoms. The largest absolute Gasteiger partial charge is 0.466 e. The molecule has 0 aromatic heterocycles. The van der Waals surface area contributed by atoms with Crippen LogP contribution < -0.4 is 10.6 Å². The van der Waals surface area contributed by atoms with Crippen LogP contribution in [0.15, 0.2) is 0 Å². The Kier molecular flexibility index (Phi) is 25.7. The lowest BCUT2D eigenvalue weighted by Gasteiger charge is -2.07. The maximum Gasteiger partial charge on any atom is 0.305 e. The molecule has 35 heavy (non-hydrogen) atoms. The molecule has 0 aliphatic rings. The zero-order chi connectivity index (χ0) is 25.8. The van der Waals surface area contributed by atoms with E-state index >= 15 is 0 Å². The van der Waals surface area contributed by atoms with Crippen LogP contribution in [0.4, 0.5) is 0 Å². The molecule has 0 aliphatic carbocycles. The van der Waals surface area contributed by atoms with Crippen molar-refractivity contribution in [3.05, 3.63) is 0 Å². The number of carbonyl (C=O) groups is 3. The molecule has 3 N–H and O–H groups in total. The van der Waals surface area contributed by atoms with Crippen LogP contribution in [0, 0.1) is 0 Å². The lowest BCUT2D eigenvalue weighted by Crippen LogP contribution is -2.34. The minimum atomic E-state index is -0.0904. The molecule has 0 saturated heterocycles. The highest BCUT2D eigenvalue weighted by atomic mass is 16.5. The Hall–Kier alpha value is -1.63. The molecule has 0 aromatic rings. The summed E-state index contributed by atoms with van der Waals surface area (Å²) >= 11 is 0. The standard InChI is InChI=1S/C28H54N2O5/c1-2-35-28(34)22-18-14-10-6-5-9-13-17-21-27(33)30-24-23-29-26(32)20-16-12-8-4-3-7-11-15-19-25-31/h31H,2-25H2,1H3,(H,29,32)(H,30,33). The predicted octanol–water partition coefficient (Wildman–Crippen LogP) is 5.58. The number of aliphatic hydroxyl groups excluding tert-OH is 1. The molecular weight excluding hydrogens is 444 g/mol. The first-order valence-corrected chi connectivity index (χ1v) is 14.4. The maximum absolute atomic E-state index is 11.9. The summed E-state index contributed by atoms with van der Waals surface area (Å²) in [5, 5.41) is 14.5. The molecule has 0 heterocycles. The molecular formula is C28H54N2O5. The van der Waals surface area contributed by atoms with Gasteiger partial charge in [0.25, 0.3) is 0 Å². The van der Waals surface area contributed by atoms with Gasteiger partial charge in [0.05, 0.1) is 6.61 Å². The SMILES string of the molecule is CCOC(=O)CCCCCCCCCCC(=O)NCCNC(=O)CCCCCCCCCCCO. The molecule has 0 unspecified atom stereocenters. The minimum Gasteiger partial charge on any atom is -0.466 e. The van der Waals surface area contributed by atoms with Gasteiger partial charge in [0, 0.05) is 39.0 Å². The number of ether oxygens (including phenoxy) is 1. The zero-order valence-corrected chi connectivity index (χ0v) is 22.6. The maximum atomic E-state index is 11.9.